The Hall–Kier alpha value is -0.920. The highest BCUT2D eigenvalue weighted by atomic mass is 32.2. The van der Waals surface area contributed by atoms with Gasteiger partial charge in [0.05, 0.1) is 12.3 Å². The van der Waals surface area contributed by atoms with Gasteiger partial charge >= 0.3 is 0 Å². The molecular weight excluding hydrogens is 230 g/mol. The Kier molecular flexibility index (Phi) is 4.45. The molecule has 16 heavy (non-hydrogen) atoms. The molecule has 0 radical (unpaired) electrons. The van der Waals surface area contributed by atoms with Crippen molar-refractivity contribution in [2.45, 2.75) is 37.8 Å². The van der Waals surface area contributed by atoms with Crippen LogP contribution >= 0.6 is 0 Å². The Morgan fingerprint density at radius 3 is 2.81 bits per heavy atom. The van der Waals surface area contributed by atoms with Gasteiger partial charge < -0.3 is 10.1 Å². The first-order valence-electron chi connectivity index (χ1n) is 5.11. The third-order valence-corrected chi connectivity index (χ3v) is 3.43. The lowest BCUT2D eigenvalue weighted by Crippen LogP contribution is -2.25. The lowest BCUT2D eigenvalue weighted by molar-refractivity contribution is 0.182. The summed E-state index contributed by atoms with van der Waals surface area (Å²) in [4.78, 5) is 6.48. The van der Waals surface area contributed by atoms with Gasteiger partial charge in [0.2, 0.25) is 0 Å². The van der Waals surface area contributed by atoms with Crippen LogP contribution in [0.25, 0.3) is 0 Å². The van der Waals surface area contributed by atoms with E-state index in [1.807, 2.05) is 0 Å². The van der Waals surface area contributed by atoms with E-state index >= 15 is 0 Å². The van der Waals surface area contributed by atoms with Crippen molar-refractivity contribution >= 4 is 10.0 Å². The van der Waals surface area contributed by atoms with Crippen LogP contribution in [0.4, 0.5) is 0 Å². The number of nitrogens with zero attached hydrogens (tertiary/aromatic N) is 1. The average molecular weight is 247 g/mol. The zero-order valence-corrected chi connectivity index (χ0v) is 10.2. The number of aliphatic hydroxyl groups is 1. The standard InChI is InChI=1S/C9H17N3O3S/c1-7(13)4-3-5-11-16(14,15)9-6-10-8(2)12-9/h6-7,11,13H,3-5H2,1-2H3,(H,10,12). The van der Waals surface area contributed by atoms with Crippen LogP contribution in [0.1, 0.15) is 25.6 Å². The molecule has 1 atom stereocenters. The molecule has 6 nitrogen and oxygen atoms in total. The minimum absolute atomic E-state index is 0.0713. The fourth-order valence-electron chi connectivity index (χ4n) is 1.22. The summed E-state index contributed by atoms with van der Waals surface area (Å²) >= 11 is 0. The number of aryl methyl sites for hydroxylation is 1. The van der Waals surface area contributed by atoms with Crippen LogP contribution in [0, 0.1) is 6.92 Å². The second kappa shape index (κ2) is 5.42. The SMILES string of the molecule is Cc1ncc(S(=O)(=O)NCCCC(C)O)[nH]1. The van der Waals surface area contributed by atoms with Crippen LogP contribution in [-0.4, -0.2) is 36.1 Å². The summed E-state index contributed by atoms with van der Waals surface area (Å²) in [6.07, 6.45) is 2.06. The molecule has 1 rings (SSSR count). The molecule has 0 fully saturated rings. The van der Waals surface area contributed by atoms with E-state index in [0.29, 0.717) is 25.2 Å². The van der Waals surface area contributed by atoms with Crippen molar-refractivity contribution in [2.24, 2.45) is 0 Å². The van der Waals surface area contributed by atoms with Crippen molar-refractivity contribution in [3.63, 3.8) is 0 Å². The van der Waals surface area contributed by atoms with Crippen molar-refractivity contribution in [3.8, 4) is 0 Å². The van der Waals surface area contributed by atoms with Gasteiger partial charge in [-0.15, -0.1) is 0 Å². The molecule has 1 aromatic heterocycles. The fourth-order valence-corrected chi connectivity index (χ4v) is 2.26. The van der Waals surface area contributed by atoms with E-state index in [4.69, 9.17) is 5.11 Å². The molecule has 0 aliphatic carbocycles. The Morgan fingerprint density at radius 1 is 1.62 bits per heavy atom. The Bertz CT molecular complexity index is 425. The van der Waals surface area contributed by atoms with Gasteiger partial charge in [0.25, 0.3) is 10.0 Å². The molecule has 0 bridgehead atoms. The van der Waals surface area contributed by atoms with Crippen LogP contribution in [0.2, 0.25) is 0 Å². The number of hydrogen-bond donors (Lipinski definition) is 3. The molecule has 0 aliphatic heterocycles. The number of nitrogens with one attached hydrogen (secondary N) is 2. The van der Waals surface area contributed by atoms with Crippen LogP contribution in [0.15, 0.2) is 11.2 Å². The van der Waals surface area contributed by atoms with Gasteiger partial charge in [-0.3, -0.25) is 0 Å². The predicted octanol–water partition coefficient (Wildman–Crippen LogP) is 0.157. The van der Waals surface area contributed by atoms with Gasteiger partial charge in [0, 0.05) is 6.54 Å². The van der Waals surface area contributed by atoms with Gasteiger partial charge in [0.1, 0.15) is 5.82 Å². The van der Waals surface area contributed by atoms with Crippen molar-refractivity contribution < 1.29 is 13.5 Å². The van der Waals surface area contributed by atoms with E-state index in [2.05, 4.69) is 14.7 Å². The molecule has 0 saturated carbocycles. The zero-order chi connectivity index (χ0) is 12.2. The maximum atomic E-state index is 11.6. The third kappa shape index (κ3) is 3.92. The molecular formula is C9H17N3O3S. The molecule has 1 unspecified atom stereocenters. The monoisotopic (exact) mass is 247 g/mol. The van der Waals surface area contributed by atoms with Gasteiger partial charge in [0.15, 0.2) is 5.03 Å². The number of sulfonamides is 1. The summed E-state index contributed by atoms with van der Waals surface area (Å²) in [6.45, 7) is 3.67. The number of H-pyrrole nitrogens is 1. The number of hydrogen-bond acceptors (Lipinski definition) is 4. The molecule has 7 heteroatoms. The van der Waals surface area contributed by atoms with Crippen molar-refractivity contribution in [1.29, 1.82) is 0 Å². The summed E-state index contributed by atoms with van der Waals surface area (Å²) in [7, 11) is -3.49. The molecule has 0 spiro atoms. The molecule has 92 valence electrons. The number of rotatable bonds is 6. The highest BCUT2D eigenvalue weighted by Gasteiger charge is 2.15. The predicted molar refractivity (Wildman–Crippen MR) is 59.4 cm³/mol. The van der Waals surface area contributed by atoms with Gasteiger partial charge in [-0.1, -0.05) is 0 Å². The van der Waals surface area contributed by atoms with Crippen LogP contribution in [0.5, 0.6) is 0 Å². The van der Waals surface area contributed by atoms with E-state index in [9.17, 15) is 8.42 Å². The Labute approximate surface area is 95.2 Å². The summed E-state index contributed by atoms with van der Waals surface area (Å²) in [5.41, 5.74) is 0. The number of aromatic amines is 1. The highest BCUT2D eigenvalue weighted by molar-refractivity contribution is 7.89. The molecule has 1 aromatic rings. The lowest BCUT2D eigenvalue weighted by atomic mass is 10.2. The van der Waals surface area contributed by atoms with Crippen LogP contribution in [0.3, 0.4) is 0 Å². The second-order valence-corrected chi connectivity index (χ2v) is 5.46. The molecule has 0 amide bonds. The Balaban J connectivity index is 2.47. The molecule has 0 aromatic carbocycles. The summed E-state index contributed by atoms with van der Waals surface area (Å²) in [5.74, 6) is 0.560. The summed E-state index contributed by atoms with van der Waals surface area (Å²) in [5, 5.41) is 9.08. The maximum Gasteiger partial charge on any atom is 0.257 e. The summed E-state index contributed by atoms with van der Waals surface area (Å²) in [6, 6.07) is 0. The van der Waals surface area contributed by atoms with Crippen molar-refractivity contribution in [2.75, 3.05) is 6.54 Å². The average Bonchev–Trinajstić information content (AvgIpc) is 2.60. The number of aliphatic hydroxyl groups excluding tert-OH is 1. The van der Waals surface area contributed by atoms with E-state index in [1.54, 1.807) is 13.8 Å². The van der Waals surface area contributed by atoms with Gasteiger partial charge in [-0.25, -0.2) is 18.1 Å². The van der Waals surface area contributed by atoms with Gasteiger partial charge in [-0.2, -0.15) is 0 Å². The highest BCUT2D eigenvalue weighted by Crippen LogP contribution is 2.04. The second-order valence-electron chi connectivity index (χ2n) is 3.72. The maximum absolute atomic E-state index is 11.6. The zero-order valence-electron chi connectivity index (χ0n) is 9.40. The van der Waals surface area contributed by atoms with Crippen LogP contribution in [-0.2, 0) is 10.0 Å². The van der Waals surface area contributed by atoms with Crippen molar-refractivity contribution in [3.05, 3.63) is 12.0 Å². The van der Waals surface area contributed by atoms with E-state index < -0.39 is 16.1 Å². The Morgan fingerprint density at radius 2 is 2.31 bits per heavy atom. The van der Waals surface area contributed by atoms with Crippen molar-refractivity contribution in [1.82, 2.24) is 14.7 Å². The first-order chi connectivity index (χ1) is 7.42. The fraction of sp³-hybridized carbons (Fsp3) is 0.667. The topological polar surface area (TPSA) is 95.1 Å². The number of imidazole rings is 1. The van der Waals surface area contributed by atoms with E-state index in [0.717, 1.165) is 0 Å². The van der Waals surface area contributed by atoms with E-state index in [-0.39, 0.29) is 5.03 Å². The normalized spacial score (nSPS) is 13.9. The largest absolute Gasteiger partial charge is 0.393 e. The molecule has 0 aliphatic rings. The number of aromatic nitrogens is 2. The minimum Gasteiger partial charge on any atom is -0.393 e. The minimum atomic E-state index is -3.49. The third-order valence-electron chi connectivity index (χ3n) is 2.06. The van der Waals surface area contributed by atoms with E-state index in [1.165, 1.54) is 6.20 Å². The molecule has 0 saturated heterocycles. The smallest absolute Gasteiger partial charge is 0.257 e. The molecule has 3 N–H and O–H groups in total. The quantitative estimate of drug-likeness (QED) is 0.624. The summed E-state index contributed by atoms with van der Waals surface area (Å²) < 4.78 is 25.7. The first kappa shape index (κ1) is 13.1. The van der Waals surface area contributed by atoms with Gasteiger partial charge in [-0.05, 0) is 26.7 Å². The molecule has 1 heterocycles. The first-order valence-corrected chi connectivity index (χ1v) is 6.59. The lowest BCUT2D eigenvalue weighted by Gasteiger charge is -2.05. The van der Waals surface area contributed by atoms with Crippen LogP contribution < -0.4 is 4.72 Å².